The van der Waals surface area contributed by atoms with Crippen molar-refractivity contribution < 1.29 is 13.2 Å². The van der Waals surface area contributed by atoms with E-state index in [-0.39, 0.29) is 5.56 Å². The van der Waals surface area contributed by atoms with Crippen LogP contribution in [0.15, 0.2) is 36.4 Å². The van der Waals surface area contributed by atoms with E-state index in [1.807, 2.05) is 18.2 Å². The summed E-state index contributed by atoms with van der Waals surface area (Å²) in [5.74, 6) is 0.325. The van der Waals surface area contributed by atoms with Gasteiger partial charge in [-0.3, -0.25) is 0 Å². The van der Waals surface area contributed by atoms with Gasteiger partial charge >= 0.3 is 6.18 Å². The molecule has 0 aliphatic heterocycles. The highest BCUT2D eigenvalue weighted by atomic mass is 19.4. The van der Waals surface area contributed by atoms with Crippen LogP contribution in [0, 0.1) is 0 Å². The van der Waals surface area contributed by atoms with E-state index in [4.69, 9.17) is 5.73 Å². The Kier molecular flexibility index (Phi) is 3.54. The molecule has 102 valence electrons. The predicted octanol–water partition coefficient (Wildman–Crippen LogP) is 4.53. The molecule has 0 bridgehead atoms. The van der Waals surface area contributed by atoms with Crippen molar-refractivity contribution in [2.45, 2.75) is 32.0 Å². The number of alkyl halides is 3. The predicted molar refractivity (Wildman–Crippen MR) is 71.0 cm³/mol. The molecule has 2 rings (SSSR count). The van der Waals surface area contributed by atoms with Crippen LogP contribution in [0.1, 0.15) is 36.9 Å². The molecule has 0 radical (unpaired) electrons. The van der Waals surface area contributed by atoms with Gasteiger partial charge in [0.25, 0.3) is 0 Å². The number of fused-ring (bicyclic) bond motifs is 1. The standard InChI is InChI=1S/C15H16F3N/c1-9(2)12-5-3-4-10-8-11(6-7-13(10)12)14(19)15(16,17)18/h3-9,14H,19H2,1-2H3/t14-/m0/s1. The SMILES string of the molecule is CC(C)c1cccc2cc([C@H](N)C(F)(F)F)ccc12. The summed E-state index contributed by atoms with van der Waals surface area (Å²) in [6.07, 6.45) is -4.41. The van der Waals surface area contributed by atoms with Gasteiger partial charge in [0, 0.05) is 0 Å². The van der Waals surface area contributed by atoms with Gasteiger partial charge in [0.05, 0.1) is 0 Å². The highest BCUT2D eigenvalue weighted by Crippen LogP contribution is 2.33. The van der Waals surface area contributed by atoms with Crippen LogP contribution in [0.3, 0.4) is 0 Å². The van der Waals surface area contributed by atoms with Crippen molar-refractivity contribution in [3.8, 4) is 0 Å². The van der Waals surface area contributed by atoms with Crippen molar-refractivity contribution in [1.82, 2.24) is 0 Å². The molecule has 0 saturated carbocycles. The van der Waals surface area contributed by atoms with E-state index in [1.54, 1.807) is 6.07 Å². The van der Waals surface area contributed by atoms with Crippen LogP contribution < -0.4 is 5.73 Å². The Morgan fingerprint density at radius 1 is 1.05 bits per heavy atom. The van der Waals surface area contributed by atoms with Crippen molar-refractivity contribution in [2.75, 3.05) is 0 Å². The van der Waals surface area contributed by atoms with Crippen LogP contribution in [0.25, 0.3) is 10.8 Å². The highest BCUT2D eigenvalue weighted by Gasteiger charge is 2.37. The lowest BCUT2D eigenvalue weighted by molar-refractivity contribution is -0.149. The second kappa shape index (κ2) is 4.85. The Balaban J connectivity index is 2.54. The molecule has 0 fully saturated rings. The molecule has 0 aliphatic carbocycles. The van der Waals surface area contributed by atoms with Crippen molar-refractivity contribution in [1.29, 1.82) is 0 Å². The summed E-state index contributed by atoms with van der Waals surface area (Å²) in [4.78, 5) is 0. The minimum absolute atomic E-state index is 0.0981. The second-order valence-corrected chi connectivity index (χ2v) is 5.00. The molecular formula is C15H16F3N. The molecule has 0 amide bonds. The monoisotopic (exact) mass is 267 g/mol. The molecule has 2 aromatic carbocycles. The molecule has 0 aliphatic rings. The zero-order valence-corrected chi connectivity index (χ0v) is 10.8. The Hall–Kier alpha value is -1.55. The normalized spacial score (nSPS) is 14.1. The first-order valence-electron chi connectivity index (χ1n) is 6.15. The van der Waals surface area contributed by atoms with Gasteiger partial charge in [-0.2, -0.15) is 13.2 Å². The van der Waals surface area contributed by atoms with Gasteiger partial charge in [-0.25, -0.2) is 0 Å². The summed E-state index contributed by atoms with van der Waals surface area (Å²) in [5, 5.41) is 1.78. The van der Waals surface area contributed by atoms with Crippen LogP contribution in [-0.4, -0.2) is 6.18 Å². The highest BCUT2D eigenvalue weighted by molar-refractivity contribution is 5.86. The van der Waals surface area contributed by atoms with Gasteiger partial charge in [-0.05, 0) is 33.9 Å². The third-order valence-electron chi connectivity index (χ3n) is 3.27. The van der Waals surface area contributed by atoms with E-state index in [0.29, 0.717) is 5.92 Å². The van der Waals surface area contributed by atoms with Crippen LogP contribution in [0.2, 0.25) is 0 Å². The fourth-order valence-electron chi connectivity index (χ4n) is 2.21. The molecule has 2 aromatic rings. The Morgan fingerprint density at radius 2 is 1.74 bits per heavy atom. The first-order chi connectivity index (χ1) is 8.80. The minimum atomic E-state index is -4.41. The molecule has 0 heterocycles. The summed E-state index contributed by atoms with van der Waals surface area (Å²) in [7, 11) is 0. The number of hydrogen-bond acceptors (Lipinski definition) is 1. The van der Waals surface area contributed by atoms with Crippen LogP contribution in [0.5, 0.6) is 0 Å². The number of halogens is 3. The molecular weight excluding hydrogens is 251 g/mol. The Morgan fingerprint density at radius 3 is 2.32 bits per heavy atom. The summed E-state index contributed by atoms with van der Waals surface area (Å²) in [6, 6.07) is 8.46. The third kappa shape index (κ3) is 2.73. The van der Waals surface area contributed by atoms with E-state index >= 15 is 0 Å². The van der Waals surface area contributed by atoms with Gasteiger partial charge in [0.1, 0.15) is 6.04 Å². The first-order valence-corrected chi connectivity index (χ1v) is 6.15. The summed E-state index contributed by atoms with van der Waals surface area (Å²) >= 11 is 0. The average molecular weight is 267 g/mol. The van der Waals surface area contributed by atoms with Gasteiger partial charge in [0.15, 0.2) is 0 Å². The van der Waals surface area contributed by atoms with Gasteiger partial charge in [0.2, 0.25) is 0 Å². The van der Waals surface area contributed by atoms with Gasteiger partial charge < -0.3 is 5.73 Å². The topological polar surface area (TPSA) is 26.0 Å². The van der Waals surface area contributed by atoms with E-state index in [1.165, 1.54) is 12.1 Å². The van der Waals surface area contributed by atoms with E-state index in [0.717, 1.165) is 16.3 Å². The van der Waals surface area contributed by atoms with Gasteiger partial charge in [-0.1, -0.05) is 44.2 Å². The molecule has 0 spiro atoms. The van der Waals surface area contributed by atoms with E-state index in [9.17, 15) is 13.2 Å². The molecule has 19 heavy (non-hydrogen) atoms. The average Bonchev–Trinajstić information content (AvgIpc) is 2.35. The Bertz CT molecular complexity index is 587. The van der Waals surface area contributed by atoms with Crippen LogP contribution in [0.4, 0.5) is 13.2 Å². The fraction of sp³-hybridized carbons (Fsp3) is 0.333. The zero-order valence-electron chi connectivity index (χ0n) is 10.8. The number of rotatable bonds is 2. The first kappa shape index (κ1) is 13.9. The lowest BCUT2D eigenvalue weighted by atomic mass is 9.94. The molecule has 1 nitrogen and oxygen atoms in total. The molecule has 4 heteroatoms. The lowest BCUT2D eigenvalue weighted by Crippen LogP contribution is -2.28. The molecule has 0 saturated heterocycles. The Labute approximate surface area is 110 Å². The number of nitrogens with two attached hydrogens (primary N) is 1. The lowest BCUT2D eigenvalue weighted by Gasteiger charge is -2.17. The largest absolute Gasteiger partial charge is 0.407 e. The quantitative estimate of drug-likeness (QED) is 0.850. The third-order valence-corrected chi connectivity index (χ3v) is 3.27. The van der Waals surface area contributed by atoms with Crippen molar-refractivity contribution in [3.63, 3.8) is 0 Å². The van der Waals surface area contributed by atoms with E-state index in [2.05, 4.69) is 13.8 Å². The maximum atomic E-state index is 12.6. The van der Waals surface area contributed by atoms with Crippen LogP contribution >= 0.6 is 0 Å². The van der Waals surface area contributed by atoms with Crippen molar-refractivity contribution >= 4 is 10.8 Å². The van der Waals surface area contributed by atoms with Crippen molar-refractivity contribution in [3.05, 3.63) is 47.5 Å². The number of benzene rings is 2. The molecule has 2 N–H and O–H groups in total. The number of hydrogen-bond donors (Lipinski definition) is 1. The zero-order chi connectivity index (χ0) is 14.2. The van der Waals surface area contributed by atoms with Gasteiger partial charge in [-0.15, -0.1) is 0 Å². The van der Waals surface area contributed by atoms with Crippen molar-refractivity contribution in [2.24, 2.45) is 5.73 Å². The fourth-order valence-corrected chi connectivity index (χ4v) is 2.21. The molecule has 0 unspecified atom stereocenters. The molecule has 1 atom stereocenters. The summed E-state index contributed by atoms with van der Waals surface area (Å²) in [6.45, 7) is 4.12. The second-order valence-electron chi connectivity index (χ2n) is 5.00. The summed E-state index contributed by atoms with van der Waals surface area (Å²) in [5.41, 5.74) is 6.46. The van der Waals surface area contributed by atoms with E-state index < -0.39 is 12.2 Å². The smallest absolute Gasteiger partial charge is 0.316 e. The molecule has 0 aromatic heterocycles. The maximum absolute atomic E-state index is 12.6. The summed E-state index contributed by atoms with van der Waals surface area (Å²) < 4.78 is 37.9. The maximum Gasteiger partial charge on any atom is 0.407 e. The van der Waals surface area contributed by atoms with Crippen LogP contribution in [-0.2, 0) is 0 Å². The minimum Gasteiger partial charge on any atom is -0.316 e.